The summed E-state index contributed by atoms with van der Waals surface area (Å²) in [5, 5.41) is 1.57. The first-order chi connectivity index (χ1) is 4.93. The zero-order chi connectivity index (χ0) is 8.65. The lowest BCUT2D eigenvalue weighted by molar-refractivity contribution is 0.483. The Bertz CT molecular complexity index is 346. The normalized spacial score (nSPS) is 11.9. The topological polar surface area (TPSA) is 54.4 Å². The molecule has 11 heavy (non-hydrogen) atoms. The Morgan fingerprint density at radius 2 is 2.18 bits per heavy atom. The van der Waals surface area contributed by atoms with Crippen molar-refractivity contribution in [3.05, 3.63) is 15.3 Å². The second-order valence-electron chi connectivity index (χ2n) is 2.00. The molecule has 0 fully saturated rings. The molecule has 1 aromatic heterocycles. The van der Waals surface area contributed by atoms with Crippen LogP contribution in [0.15, 0.2) is 10.3 Å². The van der Waals surface area contributed by atoms with Gasteiger partial charge in [-0.15, -0.1) is 11.3 Å². The van der Waals surface area contributed by atoms with E-state index in [1.54, 1.807) is 12.3 Å². The fourth-order valence-electron chi connectivity index (χ4n) is 0.707. The van der Waals surface area contributed by atoms with Crippen molar-refractivity contribution in [1.82, 2.24) is 0 Å². The summed E-state index contributed by atoms with van der Waals surface area (Å²) in [6.07, 6.45) is 0. The molecule has 6 heteroatoms. The molecule has 1 aromatic rings. The van der Waals surface area contributed by atoms with Gasteiger partial charge in [0.15, 0.2) is 0 Å². The van der Waals surface area contributed by atoms with Crippen LogP contribution in [0.4, 0.5) is 0 Å². The van der Waals surface area contributed by atoms with E-state index in [0.717, 1.165) is 11.3 Å². The van der Waals surface area contributed by atoms with Crippen LogP contribution in [0.2, 0.25) is 4.34 Å². The molecule has 0 radical (unpaired) electrons. The summed E-state index contributed by atoms with van der Waals surface area (Å²) in [6, 6.07) is 0. The fourth-order valence-corrected chi connectivity index (χ4v) is 3.15. The van der Waals surface area contributed by atoms with Gasteiger partial charge in [-0.05, 0) is 17.9 Å². The lowest BCUT2D eigenvalue weighted by Crippen LogP contribution is -1.98. The maximum Gasteiger partial charge on any atom is 0.297 e. The zero-order valence-corrected chi connectivity index (χ0v) is 7.92. The van der Waals surface area contributed by atoms with Gasteiger partial charge in [-0.2, -0.15) is 8.42 Å². The van der Waals surface area contributed by atoms with Crippen molar-refractivity contribution in [2.24, 2.45) is 0 Å². The average Bonchev–Trinajstić information content (AvgIpc) is 2.08. The number of hydrogen-bond donors (Lipinski definition) is 1. The molecule has 0 saturated heterocycles. The first-order valence-electron chi connectivity index (χ1n) is 2.64. The van der Waals surface area contributed by atoms with Gasteiger partial charge in [0.25, 0.3) is 10.1 Å². The van der Waals surface area contributed by atoms with Crippen LogP contribution in [-0.4, -0.2) is 13.0 Å². The van der Waals surface area contributed by atoms with Crippen LogP contribution in [0, 0.1) is 6.92 Å². The number of halogens is 1. The van der Waals surface area contributed by atoms with Crippen LogP contribution in [0.1, 0.15) is 5.56 Å². The van der Waals surface area contributed by atoms with Gasteiger partial charge in [-0.25, -0.2) is 0 Å². The van der Waals surface area contributed by atoms with E-state index in [9.17, 15) is 8.42 Å². The molecule has 0 aliphatic rings. The first kappa shape index (κ1) is 8.99. The van der Waals surface area contributed by atoms with Gasteiger partial charge in [-0.3, -0.25) is 4.55 Å². The SMILES string of the molecule is Cc1csc(Cl)c1S(=O)(=O)O. The number of thiophene rings is 1. The Labute approximate surface area is 73.4 Å². The second kappa shape index (κ2) is 2.75. The van der Waals surface area contributed by atoms with Crippen molar-refractivity contribution in [3.8, 4) is 0 Å². The van der Waals surface area contributed by atoms with E-state index < -0.39 is 10.1 Å². The lowest BCUT2D eigenvalue weighted by atomic mass is 10.4. The third-order valence-electron chi connectivity index (χ3n) is 1.13. The molecule has 1 heterocycles. The predicted octanol–water partition coefficient (Wildman–Crippen LogP) is 1.96. The Morgan fingerprint density at radius 3 is 2.36 bits per heavy atom. The molecule has 0 aromatic carbocycles. The standard InChI is InChI=1S/C5H5ClO3S2/c1-3-2-10-5(6)4(3)11(7,8)9/h2H,1H3,(H,7,8,9). The fraction of sp³-hybridized carbons (Fsp3) is 0.200. The minimum Gasteiger partial charge on any atom is -0.282 e. The number of hydrogen-bond acceptors (Lipinski definition) is 3. The molecule has 0 aliphatic heterocycles. The van der Waals surface area contributed by atoms with E-state index in [-0.39, 0.29) is 9.23 Å². The summed E-state index contributed by atoms with van der Waals surface area (Å²) in [5.74, 6) is 0. The quantitative estimate of drug-likeness (QED) is 0.724. The van der Waals surface area contributed by atoms with Crippen LogP contribution in [0.3, 0.4) is 0 Å². The van der Waals surface area contributed by atoms with Gasteiger partial charge in [0.2, 0.25) is 0 Å². The number of rotatable bonds is 1. The Kier molecular flexibility index (Phi) is 2.24. The lowest BCUT2D eigenvalue weighted by Gasteiger charge is -1.93. The molecule has 0 amide bonds. The minimum atomic E-state index is -4.14. The summed E-state index contributed by atoms with van der Waals surface area (Å²) in [5.41, 5.74) is 0.475. The number of aryl methyl sites for hydroxylation is 1. The predicted molar refractivity (Wildman–Crippen MR) is 43.9 cm³/mol. The monoisotopic (exact) mass is 212 g/mol. The summed E-state index contributed by atoms with van der Waals surface area (Å²) in [4.78, 5) is -0.177. The van der Waals surface area contributed by atoms with Gasteiger partial charge < -0.3 is 0 Å². The average molecular weight is 213 g/mol. The summed E-state index contributed by atoms with van der Waals surface area (Å²) in [7, 11) is -4.14. The largest absolute Gasteiger partial charge is 0.297 e. The molecule has 1 N–H and O–H groups in total. The van der Waals surface area contributed by atoms with E-state index in [2.05, 4.69) is 0 Å². The van der Waals surface area contributed by atoms with Crippen molar-refractivity contribution in [2.75, 3.05) is 0 Å². The summed E-state index contributed by atoms with van der Waals surface area (Å²) >= 11 is 6.59. The summed E-state index contributed by atoms with van der Waals surface area (Å²) in [6.45, 7) is 1.57. The molecule has 0 atom stereocenters. The Balaban J connectivity index is 3.45. The second-order valence-corrected chi connectivity index (χ2v) is 4.84. The van der Waals surface area contributed by atoms with Crippen LogP contribution >= 0.6 is 22.9 Å². The van der Waals surface area contributed by atoms with E-state index >= 15 is 0 Å². The van der Waals surface area contributed by atoms with E-state index in [1.165, 1.54) is 0 Å². The van der Waals surface area contributed by atoms with E-state index in [0.29, 0.717) is 5.56 Å². The van der Waals surface area contributed by atoms with Gasteiger partial charge in [0.05, 0.1) is 0 Å². The third kappa shape index (κ3) is 1.73. The first-order valence-corrected chi connectivity index (χ1v) is 5.34. The molecular formula is C5H5ClO3S2. The van der Waals surface area contributed by atoms with Crippen molar-refractivity contribution in [1.29, 1.82) is 0 Å². The summed E-state index contributed by atoms with van der Waals surface area (Å²) < 4.78 is 30.0. The van der Waals surface area contributed by atoms with Crippen LogP contribution < -0.4 is 0 Å². The van der Waals surface area contributed by atoms with E-state index in [4.69, 9.17) is 16.2 Å². The van der Waals surface area contributed by atoms with Crippen LogP contribution in [-0.2, 0) is 10.1 Å². The van der Waals surface area contributed by atoms with Crippen molar-refractivity contribution in [2.45, 2.75) is 11.8 Å². The maximum absolute atomic E-state index is 10.6. The zero-order valence-electron chi connectivity index (χ0n) is 5.54. The Hall–Kier alpha value is -0.100. The van der Waals surface area contributed by atoms with Gasteiger partial charge >= 0.3 is 0 Å². The molecule has 0 unspecified atom stereocenters. The third-order valence-corrected chi connectivity index (χ3v) is 3.76. The minimum absolute atomic E-state index is 0.102. The molecule has 0 saturated carbocycles. The molecule has 0 aliphatic carbocycles. The molecular weight excluding hydrogens is 208 g/mol. The molecule has 0 bridgehead atoms. The van der Waals surface area contributed by atoms with Crippen LogP contribution in [0.25, 0.3) is 0 Å². The van der Waals surface area contributed by atoms with Gasteiger partial charge in [0, 0.05) is 0 Å². The van der Waals surface area contributed by atoms with Crippen molar-refractivity contribution < 1.29 is 13.0 Å². The van der Waals surface area contributed by atoms with Crippen molar-refractivity contribution in [3.63, 3.8) is 0 Å². The smallest absolute Gasteiger partial charge is 0.282 e. The van der Waals surface area contributed by atoms with E-state index in [1.807, 2.05) is 0 Å². The van der Waals surface area contributed by atoms with Gasteiger partial charge in [0.1, 0.15) is 9.23 Å². The highest BCUT2D eigenvalue weighted by molar-refractivity contribution is 7.86. The molecule has 62 valence electrons. The van der Waals surface area contributed by atoms with Crippen LogP contribution in [0.5, 0.6) is 0 Å². The highest BCUT2D eigenvalue weighted by Gasteiger charge is 2.18. The Morgan fingerprint density at radius 1 is 1.64 bits per heavy atom. The molecule has 0 spiro atoms. The molecule has 1 rings (SSSR count). The van der Waals surface area contributed by atoms with Gasteiger partial charge in [-0.1, -0.05) is 11.6 Å². The maximum atomic E-state index is 10.6. The highest BCUT2D eigenvalue weighted by Crippen LogP contribution is 2.30. The molecule has 3 nitrogen and oxygen atoms in total. The van der Waals surface area contributed by atoms with Crippen molar-refractivity contribution >= 4 is 33.1 Å². The highest BCUT2D eigenvalue weighted by atomic mass is 35.5.